The molecule has 0 bridgehead atoms. The zero-order valence-electron chi connectivity index (χ0n) is 15.9. The molecule has 1 unspecified atom stereocenters. The Morgan fingerprint density at radius 2 is 2.00 bits per heavy atom. The molecule has 7 heteroatoms. The van der Waals surface area contributed by atoms with Crippen molar-refractivity contribution in [3.63, 3.8) is 0 Å². The van der Waals surface area contributed by atoms with Crippen LogP contribution >= 0.6 is 0 Å². The second-order valence-corrected chi connectivity index (χ2v) is 6.64. The van der Waals surface area contributed by atoms with Gasteiger partial charge in [0.15, 0.2) is 0 Å². The van der Waals surface area contributed by atoms with Crippen molar-refractivity contribution < 1.29 is 23.5 Å². The predicted molar refractivity (Wildman–Crippen MR) is 103 cm³/mol. The van der Waals surface area contributed by atoms with Gasteiger partial charge in [-0.1, -0.05) is 18.2 Å². The number of hydrogen-bond acceptors (Lipinski definition) is 4. The Balaban J connectivity index is 1.60. The summed E-state index contributed by atoms with van der Waals surface area (Å²) < 4.78 is 24.2. The van der Waals surface area contributed by atoms with E-state index in [-0.39, 0.29) is 24.1 Å². The lowest BCUT2D eigenvalue weighted by atomic mass is 10.1. The molecule has 0 spiro atoms. The van der Waals surface area contributed by atoms with E-state index in [1.165, 1.54) is 13.2 Å². The van der Waals surface area contributed by atoms with Crippen LogP contribution in [0, 0.1) is 11.7 Å². The quantitative estimate of drug-likeness (QED) is 0.795. The van der Waals surface area contributed by atoms with Crippen LogP contribution in [-0.4, -0.2) is 44.0 Å². The van der Waals surface area contributed by atoms with Crippen LogP contribution in [0.4, 0.5) is 10.1 Å². The highest BCUT2D eigenvalue weighted by Crippen LogP contribution is 2.30. The minimum atomic E-state index is -0.458. The van der Waals surface area contributed by atoms with E-state index in [0.29, 0.717) is 42.3 Å². The zero-order chi connectivity index (χ0) is 20.1. The van der Waals surface area contributed by atoms with Crippen LogP contribution in [0.3, 0.4) is 0 Å². The molecular formula is C21H23FN2O4. The summed E-state index contributed by atoms with van der Waals surface area (Å²) >= 11 is 0. The van der Waals surface area contributed by atoms with E-state index >= 15 is 0 Å². The van der Waals surface area contributed by atoms with Gasteiger partial charge < -0.3 is 19.7 Å². The molecule has 1 fully saturated rings. The fraction of sp³-hybridized carbons (Fsp3) is 0.333. The minimum Gasteiger partial charge on any atom is -0.497 e. The molecule has 1 aliphatic rings. The lowest BCUT2D eigenvalue weighted by Gasteiger charge is -2.17. The van der Waals surface area contributed by atoms with E-state index in [9.17, 15) is 14.0 Å². The number of halogens is 1. The van der Waals surface area contributed by atoms with Gasteiger partial charge in [0.05, 0.1) is 25.8 Å². The summed E-state index contributed by atoms with van der Waals surface area (Å²) in [5.41, 5.74) is 1.08. The Morgan fingerprint density at radius 3 is 2.71 bits per heavy atom. The van der Waals surface area contributed by atoms with Crippen molar-refractivity contribution in [1.82, 2.24) is 4.90 Å². The van der Waals surface area contributed by atoms with Crippen LogP contribution < -0.4 is 14.8 Å². The third kappa shape index (κ3) is 4.42. The largest absolute Gasteiger partial charge is 0.497 e. The maximum atomic E-state index is 13.7. The third-order valence-corrected chi connectivity index (χ3v) is 4.86. The molecule has 1 atom stereocenters. The van der Waals surface area contributed by atoms with Gasteiger partial charge in [-0.2, -0.15) is 0 Å². The molecule has 148 valence electrons. The molecule has 2 aromatic carbocycles. The topological polar surface area (TPSA) is 67.9 Å². The number of hydrogen-bond donors (Lipinski definition) is 1. The molecule has 28 heavy (non-hydrogen) atoms. The van der Waals surface area contributed by atoms with E-state index in [1.54, 1.807) is 48.4 Å². The standard InChI is InChI=1S/C21H23FN2O4/c1-27-16-7-8-18(19(12-16)28-2)23-21(26)15-11-20(25)24(13-15)10-9-14-5-3-4-6-17(14)22/h3-8,12,15H,9-11,13H2,1-2H3,(H,23,26). The molecule has 0 saturated carbocycles. The van der Waals surface area contributed by atoms with Crippen molar-refractivity contribution in [2.75, 3.05) is 32.6 Å². The smallest absolute Gasteiger partial charge is 0.229 e. The highest BCUT2D eigenvalue weighted by atomic mass is 19.1. The molecule has 2 aromatic rings. The van der Waals surface area contributed by atoms with Crippen LogP contribution in [0.25, 0.3) is 0 Å². The van der Waals surface area contributed by atoms with E-state index in [2.05, 4.69) is 5.32 Å². The maximum Gasteiger partial charge on any atom is 0.229 e. The third-order valence-electron chi connectivity index (χ3n) is 4.86. The normalized spacial score (nSPS) is 16.2. The number of anilines is 1. The number of carbonyl (C=O) groups is 2. The number of nitrogens with one attached hydrogen (secondary N) is 1. The molecule has 1 heterocycles. The van der Waals surface area contributed by atoms with Crippen LogP contribution in [0.2, 0.25) is 0 Å². The number of methoxy groups -OCH3 is 2. The fourth-order valence-electron chi connectivity index (χ4n) is 3.26. The van der Waals surface area contributed by atoms with Gasteiger partial charge in [-0.3, -0.25) is 9.59 Å². The highest BCUT2D eigenvalue weighted by Gasteiger charge is 2.34. The summed E-state index contributed by atoms with van der Waals surface area (Å²) in [4.78, 5) is 26.5. The molecular weight excluding hydrogens is 363 g/mol. The number of ether oxygens (including phenoxy) is 2. The van der Waals surface area contributed by atoms with Gasteiger partial charge in [0.25, 0.3) is 0 Å². The molecule has 6 nitrogen and oxygen atoms in total. The van der Waals surface area contributed by atoms with Crippen LogP contribution in [0.1, 0.15) is 12.0 Å². The second kappa shape index (κ2) is 8.73. The predicted octanol–water partition coefficient (Wildman–Crippen LogP) is 2.87. The number of amides is 2. The summed E-state index contributed by atoms with van der Waals surface area (Å²) in [6.07, 6.45) is 0.556. The number of nitrogens with zero attached hydrogens (tertiary/aromatic N) is 1. The molecule has 3 rings (SSSR count). The van der Waals surface area contributed by atoms with Gasteiger partial charge in [0.1, 0.15) is 17.3 Å². The summed E-state index contributed by atoms with van der Waals surface area (Å²) in [6, 6.07) is 11.6. The van der Waals surface area contributed by atoms with Gasteiger partial charge in [0.2, 0.25) is 11.8 Å². The van der Waals surface area contributed by atoms with E-state index in [0.717, 1.165) is 0 Å². The highest BCUT2D eigenvalue weighted by molar-refractivity contribution is 5.98. The van der Waals surface area contributed by atoms with E-state index in [4.69, 9.17) is 9.47 Å². The van der Waals surface area contributed by atoms with Crippen molar-refractivity contribution in [1.29, 1.82) is 0 Å². The monoisotopic (exact) mass is 386 g/mol. The van der Waals surface area contributed by atoms with Crippen LogP contribution in [0.15, 0.2) is 42.5 Å². The molecule has 0 aliphatic carbocycles. The molecule has 1 saturated heterocycles. The Kier molecular flexibility index (Phi) is 6.13. The van der Waals surface area contributed by atoms with Crippen molar-refractivity contribution in [3.05, 3.63) is 53.8 Å². The first-order chi connectivity index (χ1) is 13.5. The molecule has 2 amide bonds. The van der Waals surface area contributed by atoms with Gasteiger partial charge in [0, 0.05) is 25.6 Å². The van der Waals surface area contributed by atoms with E-state index in [1.807, 2.05) is 0 Å². The molecule has 1 aliphatic heterocycles. The number of carbonyl (C=O) groups excluding carboxylic acids is 2. The van der Waals surface area contributed by atoms with Gasteiger partial charge in [-0.25, -0.2) is 4.39 Å². The molecule has 0 aromatic heterocycles. The number of likely N-dealkylation sites (tertiary alicyclic amines) is 1. The summed E-state index contributed by atoms with van der Waals surface area (Å²) in [7, 11) is 3.06. The number of rotatable bonds is 7. The van der Waals surface area contributed by atoms with Crippen molar-refractivity contribution >= 4 is 17.5 Å². The van der Waals surface area contributed by atoms with E-state index < -0.39 is 5.92 Å². The summed E-state index contributed by atoms with van der Waals surface area (Å²) in [5, 5.41) is 2.82. The van der Waals surface area contributed by atoms with Crippen molar-refractivity contribution in [2.45, 2.75) is 12.8 Å². The average Bonchev–Trinajstić information content (AvgIpc) is 3.08. The number of benzene rings is 2. The van der Waals surface area contributed by atoms with Gasteiger partial charge >= 0.3 is 0 Å². The second-order valence-electron chi connectivity index (χ2n) is 6.64. The Morgan fingerprint density at radius 1 is 1.21 bits per heavy atom. The van der Waals surface area contributed by atoms with Gasteiger partial charge in [-0.05, 0) is 30.2 Å². The van der Waals surface area contributed by atoms with Gasteiger partial charge in [-0.15, -0.1) is 0 Å². The first kappa shape index (κ1) is 19.7. The zero-order valence-corrected chi connectivity index (χ0v) is 15.9. The minimum absolute atomic E-state index is 0.0989. The average molecular weight is 386 g/mol. The Hall–Kier alpha value is -3.09. The van der Waals surface area contributed by atoms with Crippen molar-refractivity contribution in [3.8, 4) is 11.5 Å². The van der Waals surface area contributed by atoms with Crippen molar-refractivity contribution in [2.24, 2.45) is 5.92 Å². The first-order valence-corrected chi connectivity index (χ1v) is 9.06. The summed E-state index contributed by atoms with van der Waals surface area (Å²) in [6.45, 7) is 0.701. The summed E-state index contributed by atoms with van der Waals surface area (Å²) in [5.74, 6) is 0.0111. The Bertz CT molecular complexity index is 871. The Labute approximate surface area is 163 Å². The maximum absolute atomic E-state index is 13.7. The lowest BCUT2D eigenvalue weighted by Crippen LogP contribution is -2.30. The molecule has 0 radical (unpaired) electrons. The first-order valence-electron chi connectivity index (χ1n) is 9.06. The SMILES string of the molecule is COc1ccc(NC(=O)C2CC(=O)N(CCc3ccccc3F)C2)c(OC)c1. The molecule has 1 N–H and O–H groups in total. The lowest BCUT2D eigenvalue weighted by molar-refractivity contribution is -0.128. The fourth-order valence-corrected chi connectivity index (χ4v) is 3.26. The van der Waals surface area contributed by atoms with Crippen LogP contribution in [-0.2, 0) is 16.0 Å². The van der Waals surface area contributed by atoms with Crippen LogP contribution in [0.5, 0.6) is 11.5 Å².